The Morgan fingerprint density at radius 1 is 0.706 bits per heavy atom. The minimum Gasteiger partial charge on any atom is -0.474 e. The van der Waals surface area contributed by atoms with E-state index in [9.17, 15) is 46.6 Å². The van der Waals surface area contributed by atoms with E-state index in [1.54, 1.807) is 0 Å². The third-order valence-corrected chi connectivity index (χ3v) is 3.80. The van der Waals surface area contributed by atoms with Crippen LogP contribution >= 0.6 is 0 Å². The highest BCUT2D eigenvalue weighted by atomic mass is 19.4. The summed E-state index contributed by atoms with van der Waals surface area (Å²) in [6.07, 6.45) is -9.55. The average Bonchev–Trinajstić information content (AvgIpc) is 2.74. The molecule has 34 heavy (non-hydrogen) atoms. The van der Waals surface area contributed by atoms with Crippen LogP contribution in [0.25, 0.3) is 0 Å². The smallest absolute Gasteiger partial charge is 0.416 e. The van der Waals surface area contributed by atoms with E-state index in [4.69, 9.17) is 9.47 Å². The van der Waals surface area contributed by atoms with Gasteiger partial charge in [0.2, 0.25) is 0 Å². The summed E-state index contributed by atoms with van der Waals surface area (Å²) in [7, 11) is 0. The Balaban J connectivity index is 1.98. The Labute approximate surface area is 186 Å². The van der Waals surface area contributed by atoms with E-state index in [2.05, 4.69) is 23.7 Å². The SMILES string of the molecule is O=[N+]([O-])c1cc(C(F)(F)F)ccc1OCC#CC#CCOc1ccc(C(F)(F)F)cc1[N+](=O)[O-]. The molecule has 8 nitrogen and oxygen atoms in total. The molecular weight excluding hydrogens is 478 g/mol. The third-order valence-electron chi connectivity index (χ3n) is 3.80. The predicted molar refractivity (Wildman–Crippen MR) is 103 cm³/mol. The number of hydrogen-bond acceptors (Lipinski definition) is 6. The zero-order chi connectivity index (χ0) is 25.5. The molecule has 0 saturated carbocycles. The molecule has 0 radical (unpaired) electrons. The zero-order valence-corrected chi connectivity index (χ0v) is 16.5. The first kappa shape index (κ1) is 25.8. The van der Waals surface area contributed by atoms with Crippen LogP contribution in [-0.4, -0.2) is 23.1 Å². The third kappa shape index (κ3) is 7.03. The molecule has 0 amide bonds. The van der Waals surface area contributed by atoms with Crippen molar-refractivity contribution in [3.63, 3.8) is 0 Å². The van der Waals surface area contributed by atoms with Gasteiger partial charge in [-0.1, -0.05) is 0 Å². The second kappa shape index (κ2) is 10.4. The van der Waals surface area contributed by atoms with Gasteiger partial charge in [0.05, 0.1) is 21.0 Å². The normalized spacial score (nSPS) is 10.9. The van der Waals surface area contributed by atoms with Gasteiger partial charge in [0.1, 0.15) is 13.2 Å². The van der Waals surface area contributed by atoms with E-state index in [1.165, 1.54) is 0 Å². The molecule has 0 heterocycles. The molecular formula is C20H10F6N2O6. The van der Waals surface area contributed by atoms with Crippen LogP contribution < -0.4 is 9.47 Å². The number of rotatable bonds is 6. The van der Waals surface area contributed by atoms with Crippen molar-refractivity contribution in [2.75, 3.05) is 13.2 Å². The van der Waals surface area contributed by atoms with Gasteiger partial charge in [-0.05, 0) is 47.9 Å². The van der Waals surface area contributed by atoms with Gasteiger partial charge in [-0.2, -0.15) is 26.3 Å². The van der Waals surface area contributed by atoms with E-state index in [0.717, 1.165) is 12.1 Å². The standard InChI is InChI=1S/C20H10F6N2O6/c21-19(22,23)13-5-7-17(15(11-13)27(29)30)33-9-3-1-2-4-10-34-18-8-6-14(20(24,25)26)12-16(18)28(31)32/h5-8,11-12H,9-10H2. The van der Waals surface area contributed by atoms with Crippen LogP contribution in [0.3, 0.4) is 0 Å². The molecule has 178 valence electrons. The van der Waals surface area contributed by atoms with Gasteiger partial charge in [-0.25, -0.2) is 0 Å². The number of nitro groups is 2. The van der Waals surface area contributed by atoms with E-state index in [-0.39, 0.29) is 0 Å². The number of alkyl halides is 6. The summed E-state index contributed by atoms with van der Waals surface area (Å²) in [6.45, 7) is -0.932. The quantitative estimate of drug-likeness (QED) is 0.245. The second-order valence-electron chi connectivity index (χ2n) is 6.06. The molecule has 0 saturated heterocycles. The van der Waals surface area contributed by atoms with Crippen molar-refractivity contribution in [2.45, 2.75) is 12.4 Å². The van der Waals surface area contributed by atoms with Crippen molar-refractivity contribution in [3.05, 3.63) is 67.8 Å². The summed E-state index contributed by atoms with van der Waals surface area (Å²) in [5, 5.41) is 21.9. The van der Waals surface area contributed by atoms with E-state index < -0.39 is 69.4 Å². The molecule has 14 heteroatoms. The summed E-state index contributed by atoms with van der Waals surface area (Å²) < 4.78 is 85.9. The molecule has 2 rings (SSSR count). The molecule has 0 atom stereocenters. The lowest BCUT2D eigenvalue weighted by Gasteiger charge is -2.08. The summed E-state index contributed by atoms with van der Waals surface area (Å²) >= 11 is 0. The maximum absolute atomic E-state index is 12.7. The van der Waals surface area contributed by atoms with Crippen LogP contribution in [-0.2, 0) is 12.4 Å². The number of benzene rings is 2. The van der Waals surface area contributed by atoms with Gasteiger partial charge in [-0.15, -0.1) is 0 Å². The Morgan fingerprint density at radius 3 is 1.35 bits per heavy atom. The Morgan fingerprint density at radius 2 is 1.06 bits per heavy atom. The Kier molecular flexibility index (Phi) is 7.92. The topological polar surface area (TPSA) is 105 Å². The number of ether oxygens (including phenoxy) is 2. The summed E-state index contributed by atoms with van der Waals surface area (Å²) in [5.41, 5.74) is -4.27. The minimum atomic E-state index is -4.78. The van der Waals surface area contributed by atoms with Crippen LogP contribution in [0, 0.1) is 43.9 Å². The first-order valence-corrected chi connectivity index (χ1v) is 8.73. The highest BCUT2D eigenvalue weighted by molar-refractivity contribution is 5.50. The van der Waals surface area contributed by atoms with E-state index in [0.29, 0.717) is 24.3 Å². The maximum Gasteiger partial charge on any atom is 0.416 e. The number of hydrogen-bond donors (Lipinski definition) is 0. The summed E-state index contributed by atoms with van der Waals surface area (Å²) in [6, 6.07) is 3.40. The molecule has 0 aliphatic carbocycles. The van der Waals surface area contributed by atoms with Gasteiger partial charge in [0, 0.05) is 12.1 Å². The largest absolute Gasteiger partial charge is 0.474 e. The molecule has 0 bridgehead atoms. The zero-order valence-electron chi connectivity index (χ0n) is 16.5. The van der Waals surface area contributed by atoms with Gasteiger partial charge in [-0.3, -0.25) is 20.2 Å². The lowest BCUT2D eigenvalue weighted by atomic mass is 10.2. The fourth-order valence-electron chi connectivity index (χ4n) is 2.31. The van der Waals surface area contributed by atoms with Crippen molar-refractivity contribution >= 4 is 11.4 Å². The molecule has 0 spiro atoms. The molecule has 0 N–H and O–H groups in total. The monoisotopic (exact) mass is 488 g/mol. The summed E-state index contributed by atoms with van der Waals surface area (Å²) in [4.78, 5) is 19.8. The van der Waals surface area contributed by atoms with E-state index >= 15 is 0 Å². The Bertz CT molecular complexity index is 1120. The van der Waals surface area contributed by atoms with Crippen LogP contribution in [0.1, 0.15) is 11.1 Å². The predicted octanol–water partition coefficient (Wildman–Crippen LogP) is 5.01. The molecule has 0 aliphatic heterocycles. The average molecular weight is 488 g/mol. The second-order valence-corrected chi connectivity index (χ2v) is 6.06. The van der Waals surface area contributed by atoms with E-state index in [1.807, 2.05) is 0 Å². The highest BCUT2D eigenvalue weighted by Crippen LogP contribution is 2.37. The Hall–Kier alpha value is -4.46. The van der Waals surface area contributed by atoms with Gasteiger partial charge in [0.25, 0.3) is 0 Å². The fourth-order valence-corrected chi connectivity index (χ4v) is 2.31. The first-order valence-electron chi connectivity index (χ1n) is 8.73. The molecule has 0 aliphatic rings. The van der Waals surface area contributed by atoms with Crippen LogP contribution in [0.15, 0.2) is 36.4 Å². The van der Waals surface area contributed by atoms with Crippen molar-refractivity contribution in [1.29, 1.82) is 0 Å². The number of nitrogens with zero attached hydrogens (tertiary/aromatic N) is 2. The number of nitro benzene ring substituents is 2. The highest BCUT2D eigenvalue weighted by Gasteiger charge is 2.34. The van der Waals surface area contributed by atoms with Crippen LogP contribution in [0.4, 0.5) is 37.7 Å². The van der Waals surface area contributed by atoms with Crippen LogP contribution in [0.2, 0.25) is 0 Å². The van der Waals surface area contributed by atoms with Crippen molar-refractivity contribution in [1.82, 2.24) is 0 Å². The fraction of sp³-hybridized carbons (Fsp3) is 0.200. The maximum atomic E-state index is 12.7. The van der Waals surface area contributed by atoms with Crippen molar-refractivity contribution < 1.29 is 45.7 Å². The molecule has 0 fully saturated rings. The molecule has 2 aromatic carbocycles. The number of halogens is 6. The van der Waals surface area contributed by atoms with Gasteiger partial charge in [0.15, 0.2) is 11.5 Å². The van der Waals surface area contributed by atoms with Gasteiger partial charge >= 0.3 is 23.7 Å². The van der Waals surface area contributed by atoms with Gasteiger partial charge < -0.3 is 9.47 Å². The lowest BCUT2D eigenvalue weighted by Crippen LogP contribution is -2.07. The minimum absolute atomic E-state index is 0.320. The van der Waals surface area contributed by atoms with Crippen molar-refractivity contribution in [3.8, 4) is 35.2 Å². The molecule has 0 aromatic heterocycles. The molecule has 2 aromatic rings. The summed E-state index contributed by atoms with van der Waals surface area (Å²) in [5.74, 6) is 8.23. The lowest BCUT2D eigenvalue weighted by molar-refractivity contribution is -0.386. The molecule has 0 unspecified atom stereocenters. The first-order chi connectivity index (χ1) is 15.8. The van der Waals surface area contributed by atoms with Crippen LogP contribution in [0.5, 0.6) is 11.5 Å². The van der Waals surface area contributed by atoms with Crippen molar-refractivity contribution in [2.24, 2.45) is 0 Å².